The fourth-order valence-corrected chi connectivity index (χ4v) is 5.38. The molecule has 138 valence electrons. The zero-order chi connectivity index (χ0) is 17.2. The first-order valence-electron chi connectivity index (χ1n) is 10.8. The van der Waals surface area contributed by atoms with Crippen LogP contribution in [0.15, 0.2) is 24.3 Å². The molecular weight excluding hydrogens is 304 g/mol. The summed E-state index contributed by atoms with van der Waals surface area (Å²) in [5.41, 5.74) is 3.08. The molecule has 0 bridgehead atoms. The van der Waals surface area contributed by atoms with Crippen molar-refractivity contribution >= 4 is 0 Å². The molecule has 2 heterocycles. The molecule has 1 aromatic carbocycles. The minimum Gasteiger partial charge on any atom is -0.299 e. The number of nitrogens with zero attached hydrogens (tertiary/aromatic N) is 2. The molecule has 0 N–H and O–H groups in total. The van der Waals surface area contributed by atoms with E-state index in [1.165, 1.54) is 70.1 Å². The SMILES string of the molecule is CC1CCCC(C)N1C[C@H]1C[C@H](c2ccc(CN3CCCC3)cc2)C1. The third-order valence-electron chi connectivity index (χ3n) is 7.14. The lowest BCUT2D eigenvalue weighted by molar-refractivity contribution is 0.0595. The fraction of sp³-hybridized carbons (Fsp3) is 0.739. The van der Waals surface area contributed by atoms with E-state index in [0.717, 1.165) is 30.5 Å². The van der Waals surface area contributed by atoms with Gasteiger partial charge in [-0.25, -0.2) is 0 Å². The van der Waals surface area contributed by atoms with Crippen molar-refractivity contribution in [1.29, 1.82) is 0 Å². The maximum atomic E-state index is 2.80. The first-order chi connectivity index (χ1) is 12.2. The van der Waals surface area contributed by atoms with Gasteiger partial charge in [0.2, 0.25) is 0 Å². The summed E-state index contributed by atoms with van der Waals surface area (Å²) in [4.78, 5) is 5.39. The smallest absolute Gasteiger partial charge is 0.0233 e. The van der Waals surface area contributed by atoms with Crippen molar-refractivity contribution in [2.24, 2.45) is 5.92 Å². The normalized spacial score (nSPS) is 34.2. The molecule has 25 heavy (non-hydrogen) atoms. The quantitative estimate of drug-likeness (QED) is 0.741. The van der Waals surface area contributed by atoms with Crippen LogP contribution in [0.3, 0.4) is 0 Å². The summed E-state index contributed by atoms with van der Waals surface area (Å²) < 4.78 is 0. The number of benzene rings is 1. The van der Waals surface area contributed by atoms with Crippen molar-refractivity contribution in [3.05, 3.63) is 35.4 Å². The van der Waals surface area contributed by atoms with Crippen LogP contribution in [0.25, 0.3) is 0 Å². The minimum atomic E-state index is 0.799. The predicted molar refractivity (Wildman–Crippen MR) is 106 cm³/mol. The molecule has 3 fully saturated rings. The van der Waals surface area contributed by atoms with Crippen LogP contribution in [0, 0.1) is 5.92 Å². The first kappa shape index (κ1) is 17.5. The Morgan fingerprint density at radius 2 is 1.52 bits per heavy atom. The molecule has 1 aromatic rings. The highest BCUT2D eigenvalue weighted by Gasteiger charge is 2.34. The van der Waals surface area contributed by atoms with Gasteiger partial charge >= 0.3 is 0 Å². The maximum absolute atomic E-state index is 2.80. The lowest BCUT2D eigenvalue weighted by Gasteiger charge is -2.45. The van der Waals surface area contributed by atoms with Crippen molar-refractivity contribution in [3.8, 4) is 0 Å². The van der Waals surface area contributed by atoms with Crippen LogP contribution in [0.4, 0.5) is 0 Å². The monoisotopic (exact) mass is 340 g/mol. The number of hydrogen-bond donors (Lipinski definition) is 0. The van der Waals surface area contributed by atoms with Crippen LogP contribution in [-0.4, -0.2) is 41.5 Å². The minimum absolute atomic E-state index is 0.799. The number of rotatable bonds is 5. The highest BCUT2D eigenvalue weighted by Crippen LogP contribution is 2.43. The van der Waals surface area contributed by atoms with Gasteiger partial charge in [0.25, 0.3) is 0 Å². The third kappa shape index (κ3) is 4.11. The van der Waals surface area contributed by atoms with Crippen molar-refractivity contribution < 1.29 is 0 Å². The Balaban J connectivity index is 1.25. The van der Waals surface area contributed by atoms with Gasteiger partial charge in [-0.15, -0.1) is 0 Å². The van der Waals surface area contributed by atoms with Crippen LogP contribution in [0.5, 0.6) is 0 Å². The van der Waals surface area contributed by atoms with Gasteiger partial charge in [0, 0.05) is 25.2 Å². The van der Waals surface area contributed by atoms with Gasteiger partial charge < -0.3 is 0 Å². The average Bonchev–Trinajstić information content (AvgIpc) is 3.07. The van der Waals surface area contributed by atoms with Crippen LogP contribution in [0.2, 0.25) is 0 Å². The van der Waals surface area contributed by atoms with Crippen molar-refractivity contribution in [2.45, 2.75) is 83.3 Å². The largest absolute Gasteiger partial charge is 0.299 e. The van der Waals surface area contributed by atoms with Crippen molar-refractivity contribution in [3.63, 3.8) is 0 Å². The first-order valence-corrected chi connectivity index (χ1v) is 10.8. The summed E-state index contributed by atoms with van der Waals surface area (Å²) >= 11 is 0. The molecule has 0 radical (unpaired) electrons. The molecule has 0 amide bonds. The van der Waals surface area contributed by atoms with E-state index in [9.17, 15) is 0 Å². The highest BCUT2D eigenvalue weighted by atomic mass is 15.2. The molecule has 2 saturated heterocycles. The zero-order valence-electron chi connectivity index (χ0n) is 16.3. The molecule has 0 aromatic heterocycles. The van der Waals surface area contributed by atoms with E-state index in [4.69, 9.17) is 0 Å². The summed E-state index contributed by atoms with van der Waals surface area (Å²) in [6.45, 7) is 9.94. The predicted octanol–water partition coefficient (Wildman–Crippen LogP) is 5.04. The highest BCUT2D eigenvalue weighted by molar-refractivity contribution is 5.27. The number of hydrogen-bond acceptors (Lipinski definition) is 2. The summed E-state index contributed by atoms with van der Waals surface area (Å²) in [7, 11) is 0. The second kappa shape index (κ2) is 7.80. The summed E-state index contributed by atoms with van der Waals surface area (Å²) in [5, 5.41) is 0. The molecule has 0 spiro atoms. The topological polar surface area (TPSA) is 6.48 Å². The van der Waals surface area contributed by atoms with E-state index >= 15 is 0 Å². The molecule has 2 unspecified atom stereocenters. The van der Waals surface area contributed by atoms with E-state index in [-0.39, 0.29) is 0 Å². The Kier molecular flexibility index (Phi) is 5.47. The lowest BCUT2D eigenvalue weighted by Crippen LogP contribution is -2.47. The van der Waals surface area contributed by atoms with Gasteiger partial charge in [-0.1, -0.05) is 30.7 Å². The molecule has 4 rings (SSSR count). The third-order valence-corrected chi connectivity index (χ3v) is 7.14. The Morgan fingerprint density at radius 1 is 0.880 bits per heavy atom. The standard InChI is InChI=1S/C23H36N2/c1-18-6-5-7-19(2)25(18)17-21-14-23(15-21)22-10-8-20(9-11-22)16-24-12-3-4-13-24/h8-11,18-19,21,23H,3-7,12-17H2,1-2H3/t18?,19?,21-,23-. The van der Waals surface area contributed by atoms with Crippen LogP contribution < -0.4 is 0 Å². The van der Waals surface area contributed by atoms with Crippen LogP contribution in [0.1, 0.15) is 75.8 Å². The Labute approximate surface area is 154 Å². The van der Waals surface area contributed by atoms with Gasteiger partial charge in [-0.3, -0.25) is 9.80 Å². The summed E-state index contributed by atoms with van der Waals surface area (Å²) in [6, 6.07) is 11.2. The molecule has 2 aliphatic heterocycles. The van der Waals surface area contributed by atoms with E-state index in [2.05, 4.69) is 47.9 Å². The van der Waals surface area contributed by atoms with Gasteiger partial charge in [-0.05, 0) is 88.4 Å². The van der Waals surface area contributed by atoms with Crippen LogP contribution >= 0.6 is 0 Å². The second-order valence-corrected chi connectivity index (χ2v) is 9.08. The maximum Gasteiger partial charge on any atom is 0.0233 e. The van der Waals surface area contributed by atoms with E-state index < -0.39 is 0 Å². The molecule has 2 atom stereocenters. The molecule has 1 saturated carbocycles. The Bertz CT molecular complexity index is 530. The van der Waals surface area contributed by atoms with Crippen molar-refractivity contribution in [1.82, 2.24) is 9.80 Å². The van der Waals surface area contributed by atoms with Gasteiger partial charge in [0.05, 0.1) is 0 Å². The average molecular weight is 341 g/mol. The second-order valence-electron chi connectivity index (χ2n) is 9.08. The summed E-state index contributed by atoms with van der Waals surface area (Å²) in [5.74, 6) is 1.75. The zero-order valence-corrected chi connectivity index (χ0v) is 16.3. The van der Waals surface area contributed by atoms with Crippen LogP contribution in [-0.2, 0) is 6.54 Å². The molecule has 3 aliphatic rings. The Hall–Kier alpha value is -0.860. The van der Waals surface area contributed by atoms with Crippen molar-refractivity contribution in [2.75, 3.05) is 19.6 Å². The lowest BCUT2D eigenvalue weighted by atomic mass is 9.70. The van der Waals surface area contributed by atoms with Gasteiger partial charge in [0.15, 0.2) is 0 Å². The van der Waals surface area contributed by atoms with E-state index in [1.807, 2.05) is 0 Å². The molecular formula is C23H36N2. The molecule has 1 aliphatic carbocycles. The molecule has 2 nitrogen and oxygen atoms in total. The fourth-order valence-electron chi connectivity index (χ4n) is 5.38. The summed E-state index contributed by atoms with van der Waals surface area (Å²) in [6.07, 6.45) is 9.81. The van der Waals surface area contributed by atoms with E-state index in [1.54, 1.807) is 5.56 Å². The van der Waals surface area contributed by atoms with Gasteiger partial charge in [0.1, 0.15) is 0 Å². The number of piperidine rings is 1. The van der Waals surface area contributed by atoms with Gasteiger partial charge in [-0.2, -0.15) is 0 Å². The molecule has 2 heteroatoms. The number of likely N-dealkylation sites (tertiary alicyclic amines) is 2. The van der Waals surface area contributed by atoms with E-state index in [0.29, 0.717) is 0 Å². The Morgan fingerprint density at radius 3 is 2.16 bits per heavy atom.